The van der Waals surface area contributed by atoms with E-state index in [9.17, 15) is 5.11 Å². The van der Waals surface area contributed by atoms with Crippen molar-refractivity contribution in [2.75, 3.05) is 18.5 Å². The fourth-order valence-electron chi connectivity index (χ4n) is 1.66. The molecular formula is C14H22BrNO. The zero-order valence-electron chi connectivity index (χ0n) is 11.1. The Morgan fingerprint density at radius 2 is 1.94 bits per heavy atom. The molecule has 1 aromatic rings. The third-order valence-corrected chi connectivity index (χ3v) is 3.54. The number of nitrogens with zero attached hydrogens (tertiary/aromatic N) is 1. The van der Waals surface area contributed by atoms with Crippen LogP contribution < -0.4 is 4.90 Å². The fraction of sp³-hybridized carbons (Fsp3) is 0.571. The smallest absolute Gasteiger partial charge is 0.0762 e. The van der Waals surface area contributed by atoms with Crippen LogP contribution in [0.3, 0.4) is 0 Å². The summed E-state index contributed by atoms with van der Waals surface area (Å²) in [5.74, 6) is 0.716. The monoisotopic (exact) mass is 299 g/mol. The summed E-state index contributed by atoms with van der Waals surface area (Å²) in [6.07, 6.45) is 0.766. The second kappa shape index (κ2) is 6.41. The molecule has 17 heavy (non-hydrogen) atoms. The topological polar surface area (TPSA) is 23.5 Å². The summed E-state index contributed by atoms with van der Waals surface area (Å²) in [4.78, 5) is 2.25. The summed E-state index contributed by atoms with van der Waals surface area (Å²) in [6.45, 7) is 7.30. The predicted octanol–water partition coefficient (Wildman–Crippen LogP) is 3.98. The van der Waals surface area contributed by atoms with Crippen LogP contribution in [0.2, 0.25) is 0 Å². The Morgan fingerprint density at radius 1 is 1.29 bits per heavy atom. The van der Waals surface area contributed by atoms with Crippen LogP contribution in [-0.2, 0) is 0 Å². The van der Waals surface area contributed by atoms with Crippen molar-refractivity contribution >= 4 is 21.6 Å². The molecule has 1 rings (SSSR count). The van der Waals surface area contributed by atoms with E-state index in [1.54, 1.807) is 6.92 Å². The highest BCUT2D eigenvalue weighted by Crippen LogP contribution is 2.29. The Morgan fingerprint density at radius 3 is 2.41 bits per heavy atom. The van der Waals surface area contributed by atoms with Gasteiger partial charge in [-0.2, -0.15) is 0 Å². The van der Waals surface area contributed by atoms with E-state index < -0.39 is 6.10 Å². The standard InChI is InChI=1S/C14H22BrNO/c1-10(2)7-8-16(4)14-6-5-12(11(3)17)9-13(14)15/h5-6,9-11,17H,7-8H2,1-4H3/t11-/m0/s1. The van der Waals surface area contributed by atoms with Crippen LogP contribution in [-0.4, -0.2) is 18.7 Å². The lowest BCUT2D eigenvalue weighted by Gasteiger charge is -2.22. The Hall–Kier alpha value is -0.540. The van der Waals surface area contributed by atoms with Gasteiger partial charge in [0.25, 0.3) is 0 Å². The first-order valence-electron chi connectivity index (χ1n) is 6.10. The maximum atomic E-state index is 9.52. The molecule has 0 spiro atoms. The average Bonchev–Trinajstić information content (AvgIpc) is 2.25. The van der Waals surface area contributed by atoms with Gasteiger partial charge in [-0.15, -0.1) is 0 Å². The molecule has 0 radical (unpaired) electrons. The third-order valence-electron chi connectivity index (χ3n) is 2.91. The molecule has 3 heteroatoms. The zero-order chi connectivity index (χ0) is 13.0. The summed E-state index contributed by atoms with van der Waals surface area (Å²) >= 11 is 3.57. The quantitative estimate of drug-likeness (QED) is 0.889. The van der Waals surface area contributed by atoms with Crippen LogP contribution in [0, 0.1) is 5.92 Å². The van der Waals surface area contributed by atoms with Crippen LogP contribution in [0.25, 0.3) is 0 Å². The molecule has 0 fully saturated rings. The maximum Gasteiger partial charge on any atom is 0.0762 e. The maximum absolute atomic E-state index is 9.52. The summed E-state index contributed by atoms with van der Waals surface area (Å²) in [5, 5.41) is 9.52. The number of halogens is 1. The van der Waals surface area contributed by atoms with Crippen LogP contribution in [0.15, 0.2) is 22.7 Å². The van der Waals surface area contributed by atoms with E-state index in [0.717, 1.165) is 16.6 Å². The van der Waals surface area contributed by atoms with E-state index in [2.05, 4.69) is 47.8 Å². The van der Waals surface area contributed by atoms with Crippen molar-refractivity contribution in [2.45, 2.75) is 33.3 Å². The highest BCUT2D eigenvalue weighted by atomic mass is 79.9. The van der Waals surface area contributed by atoms with E-state index in [4.69, 9.17) is 0 Å². The van der Waals surface area contributed by atoms with Gasteiger partial charge in [0.05, 0.1) is 11.8 Å². The summed E-state index contributed by atoms with van der Waals surface area (Å²) in [6, 6.07) is 6.04. The van der Waals surface area contributed by atoms with Gasteiger partial charge < -0.3 is 10.0 Å². The van der Waals surface area contributed by atoms with E-state index in [1.165, 1.54) is 12.1 Å². The first kappa shape index (κ1) is 14.5. The number of benzene rings is 1. The molecule has 0 saturated carbocycles. The SMILES string of the molecule is CC(C)CCN(C)c1ccc([C@H](C)O)cc1Br. The van der Waals surface area contributed by atoms with Crippen molar-refractivity contribution in [3.05, 3.63) is 28.2 Å². The molecule has 1 aromatic carbocycles. The molecule has 2 nitrogen and oxygen atoms in total. The van der Waals surface area contributed by atoms with Crippen LogP contribution in [0.1, 0.15) is 38.9 Å². The summed E-state index contributed by atoms with van der Waals surface area (Å²) in [5.41, 5.74) is 2.12. The first-order chi connectivity index (χ1) is 7.91. The second-order valence-electron chi connectivity index (χ2n) is 4.99. The van der Waals surface area contributed by atoms with Crippen molar-refractivity contribution in [2.24, 2.45) is 5.92 Å². The molecule has 1 atom stereocenters. The van der Waals surface area contributed by atoms with Gasteiger partial charge in [-0.3, -0.25) is 0 Å². The van der Waals surface area contributed by atoms with E-state index >= 15 is 0 Å². The molecule has 0 aromatic heterocycles. The first-order valence-corrected chi connectivity index (χ1v) is 6.89. The normalized spacial score (nSPS) is 12.9. The predicted molar refractivity (Wildman–Crippen MR) is 77.5 cm³/mol. The van der Waals surface area contributed by atoms with Gasteiger partial charge in [0.15, 0.2) is 0 Å². The molecule has 0 amide bonds. The molecule has 0 bridgehead atoms. The molecule has 0 aliphatic heterocycles. The lowest BCUT2D eigenvalue weighted by Crippen LogP contribution is -2.20. The zero-order valence-corrected chi connectivity index (χ0v) is 12.7. The van der Waals surface area contributed by atoms with Crippen molar-refractivity contribution in [1.82, 2.24) is 0 Å². The lowest BCUT2D eigenvalue weighted by molar-refractivity contribution is 0.199. The van der Waals surface area contributed by atoms with Crippen molar-refractivity contribution < 1.29 is 5.11 Å². The Bertz CT molecular complexity index is 363. The highest BCUT2D eigenvalue weighted by Gasteiger charge is 2.09. The van der Waals surface area contributed by atoms with Gasteiger partial charge in [0, 0.05) is 18.1 Å². The van der Waals surface area contributed by atoms with Gasteiger partial charge in [0.1, 0.15) is 0 Å². The minimum atomic E-state index is -0.415. The van der Waals surface area contributed by atoms with Gasteiger partial charge in [0.2, 0.25) is 0 Å². The number of aliphatic hydroxyl groups excluding tert-OH is 1. The van der Waals surface area contributed by atoms with Crippen LogP contribution in [0.4, 0.5) is 5.69 Å². The molecule has 96 valence electrons. The largest absolute Gasteiger partial charge is 0.389 e. The minimum Gasteiger partial charge on any atom is -0.389 e. The average molecular weight is 300 g/mol. The van der Waals surface area contributed by atoms with Crippen LogP contribution in [0.5, 0.6) is 0 Å². The molecule has 0 unspecified atom stereocenters. The second-order valence-corrected chi connectivity index (χ2v) is 5.85. The Balaban J connectivity index is 2.77. The van der Waals surface area contributed by atoms with Gasteiger partial charge in [-0.05, 0) is 52.9 Å². The number of rotatable bonds is 5. The van der Waals surface area contributed by atoms with Crippen molar-refractivity contribution in [3.63, 3.8) is 0 Å². The van der Waals surface area contributed by atoms with Crippen molar-refractivity contribution in [1.29, 1.82) is 0 Å². The van der Waals surface area contributed by atoms with E-state index in [0.29, 0.717) is 5.92 Å². The number of hydrogen-bond donors (Lipinski definition) is 1. The molecule has 0 aliphatic rings. The third kappa shape index (κ3) is 4.32. The molecular weight excluding hydrogens is 278 g/mol. The van der Waals surface area contributed by atoms with Gasteiger partial charge >= 0.3 is 0 Å². The summed E-state index contributed by atoms with van der Waals surface area (Å²) in [7, 11) is 2.10. The number of hydrogen-bond acceptors (Lipinski definition) is 2. The van der Waals surface area contributed by atoms with Gasteiger partial charge in [-0.1, -0.05) is 19.9 Å². The van der Waals surface area contributed by atoms with Crippen LogP contribution >= 0.6 is 15.9 Å². The molecule has 0 aliphatic carbocycles. The molecule has 1 N–H and O–H groups in total. The number of anilines is 1. The highest BCUT2D eigenvalue weighted by molar-refractivity contribution is 9.10. The Labute approximate surface area is 113 Å². The van der Waals surface area contributed by atoms with Crippen molar-refractivity contribution in [3.8, 4) is 0 Å². The minimum absolute atomic E-state index is 0.415. The van der Waals surface area contributed by atoms with E-state index in [1.807, 2.05) is 12.1 Å². The number of aliphatic hydroxyl groups is 1. The fourth-order valence-corrected chi connectivity index (χ4v) is 2.36. The lowest BCUT2D eigenvalue weighted by atomic mass is 10.1. The molecule has 0 saturated heterocycles. The summed E-state index contributed by atoms with van der Waals surface area (Å²) < 4.78 is 1.04. The Kier molecular flexibility index (Phi) is 5.47. The van der Waals surface area contributed by atoms with E-state index in [-0.39, 0.29) is 0 Å². The van der Waals surface area contributed by atoms with Gasteiger partial charge in [-0.25, -0.2) is 0 Å². The molecule has 0 heterocycles.